The summed E-state index contributed by atoms with van der Waals surface area (Å²) in [4.78, 5) is 11.9. The van der Waals surface area contributed by atoms with Crippen LogP contribution in [-0.2, 0) is 6.54 Å². The summed E-state index contributed by atoms with van der Waals surface area (Å²) in [7, 11) is 3.36. The Morgan fingerprint density at radius 1 is 0.889 bits per heavy atom. The van der Waals surface area contributed by atoms with Crippen LogP contribution < -0.4 is 14.4 Å². The molecule has 1 aliphatic carbocycles. The van der Waals surface area contributed by atoms with Gasteiger partial charge in [0.25, 0.3) is 0 Å². The van der Waals surface area contributed by atoms with Crippen molar-refractivity contribution < 1.29 is 9.47 Å². The highest BCUT2D eigenvalue weighted by Gasteiger charge is 2.26. The second-order valence-electron chi connectivity index (χ2n) is 8.14. The van der Waals surface area contributed by atoms with Gasteiger partial charge in [-0.05, 0) is 43.9 Å². The molecule has 1 saturated carbocycles. The molecule has 36 heavy (non-hydrogen) atoms. The highest BCUT2D eigenvalue weighted by atomic mass is 16.5. The standard InChI is InChI=1S/C25H27N5O2.2C2H6/c1-4-29-16-18(13-27-29)25-14-26-23-8-7-19(11-24(23)28-25)30(15-17-5-6-17)20-9-21(31-2)12-22(10-20)32-3;2*1-2/h7-14,16-17H,4-6,15H2,1-3H3;2*1-2H3. The van der Waals surface area contributed by atoms with E-state index in [0.717, 1.165) is 58.3 Å². The first-order chi connectivity index (χ1) is 17.7. The Bertz CT molecular complexity index is 1230. The summed E-state index contributed by atoms with van der Waals surface area (Å²) < 4.78 is 12.9. The molecule has 0 amide bonds. The molecular weight excluding hydrogens is 450 g/mol. The van der Waals surface area contributed by atoms with Gasteiger partial charge in [0.2, 0.25) is 0 Å². The Morgan fingerprint density at radius 2 is 1.58 bits per heavy atom. The maximum absolute atomic E-state index is 5.51. The SMILES string of the molecule is CC.CC.CCn1cc(-c2cnc3ccc(N(CC4CC4)c4cc(OC)cc(OC)c4)cc3n2)cn1. The van der Waals surface area contributed by atoms with Gasteiger partial charge in [0.15, 0.2) is 0 Å². The summed E-state index contributed by atoms with van der Waals surface area (Å²) in [5.41, 5.74) is 5.65. The number of benzene rings is 2. The van der Waals surface area contributed by atoms with Crippen molar-refractivity contribution in [3.8, 4) is 22.8 Å². The molecule has 0 aliphatic heterocycles. The van der Waals surface area contributed by atoms with Gasteiger partial charge in [-0.2, -0.15) is 5.10 Å². The van der Waals surface area contributed by atoms with Gasteiger partial charge in [-0.25, -0.2) is 4.98 Å². The highest BCUT2D eigenvalue weighted by Crippen LogP contribution is 2.38. The van der Waals surface area contributed by atoms with E-state index in [4.69, 9.17) is 14.5 Å². The Hall–Kier alpha value is -3.61. The lowest BCUT2D eigenvalue weighted by Crippen LogP contribution is -2.20. The van der Waals surface area contributed by atoms with Crippen molar-refractivity contribution in [2.45, 2.75) is 54.0 Å². The van der Waals surface area contributed by atoms with Crippen LogP contribution in [0, 0.1) is 5.92 Å². The van der Waals surface area contributed by atoms with Crippen LogP contribution >= 0.6 is 0 Å². The zero-order valence-electron chi connectivity index (χ0n) is 22.7. The van der Waals surface area contributed by atoms with Gasteiger partial charge in [0, 0.05) is 54.4 Å². The lowest BCUT2D eigenvalue weighted by Gasteiger charge is -2.26. The maximum atomic E-state index is 5.51. The average molecular weight is 490 g/mol. The van der Waals surface area contributed by atoms with Gasteiger partial charge in [0.05, 0.1) is 43.3 Å². The third-order valence-electron chi connectivity index (χ3n) is 5.88. The number of nitrogens with zero attached hydrogens (tertiary/aromatic N) is 5. The monoisotopic (exact) mass is 489 g/mol. The third kappa shape index (κ3) is 6.33. The number of aryl methyl sites for hydroxylation is 1. The fourth-order valence-corrected chi connectivity index (χ4v) is 3.84. The number of rotatable bonds is 8. The molecule has 7 heteroatoms. The second-order valence-corrected chi connectivity index (χ2v) is 8.14. The minimum absolute atomic E-state index is 0.695. The Balaban J connectivity index is 0.000000861. The van der Waals surface area contributed by atoms with E-state index < -0.39 is 0 Å². The Labute approximate surface area is 215 Å². The molecule has 1 aliphatic rings. The van der Waals surface area contributed by atoms with Gasteiger partial charge >= 0.3 is 0 Å². The van der Waals surface area contributed by atoms with E-state index in [9.17, 15) is 0 Å². The Kier molecular flexibility index (Phi) is 9.68. The smallest absolute Gasteiger partial charge is 0.124 e. The molecule has 0 bridgehead atoms. The molecule has 2 aromatic carbocycles. The van der Waals surface area contributed by atoms with Crippen LogP contribution in [0.5, 0.6) is 11.5 Å². The number of anilines is 2. The normalized spacial score (nSPS) is 12.2. The predicted molar refractivity (Wildman–Crippen MR) is 148 cm³/mol. The zero-order chi connectivity index (χ0) is 26.1. The molecule has 5 rings (SSSR count). The van der Waals surface area contributed by atoms with Crippen LogP contribution in [0.2, 0.25) is 0 Å². The zero-order valence-corrected chi connectivity index (χ0v) is 22.7. The molecule has 0 unspecified atom stereocenters. The highest BCUT2D eigenvalue weighted by molar-refractivity contribution is 5.82. The van der Waals surface area contributed by atoms with E-state index >= 15 is 0 Å². The molecule has 1 fully saturated rings. The molecule has 7 nitrogen and oxygen atoms in total. The topological polar surface area (TPSA) is 65.3 Å². The van der Waals surface area contributed by atoms with E-state index in [1.807, 2.05) is 63.1 Å². The molecule has 0 atom stereocenters. The quantitative estimate of drug-likeness (QED) is 0.262. The van der Waals surface area contributed by atoms with Crippen molar-refractivity contribution in [1.82, 2.24) is 19.7 Å². The third-order valence-corrected chi connectivity index (χ3v) is 5.88. The molecule has 2 aromatic heterocycles. The van der Waals surface area contributed by atoms with Crippen molar-refractivity contribution in [1.29, 1.82) is 0 Å². The summed E-state index contributed by atoms with van der Waals surface area (Å²) in [5, 5.41) is 4.37. The van der Waals surface area contributed by atoms with Crippen molar-refractivity contribution >= 4 is 22.4 Å². The minimum atomic E-state index is 0.695. The first kappa shape index (κ1) is 27.0. The van der Waals surface area contributed by atoms with Crippen molar-refractivity contribution in [3.05, 3.63) is 55.0 Å². The fraction of sp³-hybridized carbons (Fsp3) is 0.414. The first-order valence-electron chi connectivity index (χ1n) is 13.0. The predicted octanol–water partition coefficient (Wildman–Crippen LogP) is 7.13. The molecule has 2 heterocycles. The van der Waals surface area contributed by atoms with Crippen molar-refractivity contribution in [3.63, 3.8) is 0 Å². The number of ether oxygens (including phenoxy) is 2. The summed E-state index contributed by atoms with van der Waals surface area (Å²) in [5.74, 6) is 2.24. The van der Waals surface area contributed by atoms with Gasteiger partial charge in [0.1, 0.15) is 11.5 Å². The van der Waals surface area contributed by atoms with E-state index in [-0.39, 0.29) is 0 Å². The van der Waals surface area contributed by atoms with Gasteiger partial charge in [-0.3, -0.25) is 9.67 Å². The molecule has 192 valence electrons. The Morgan fingerprint density at radius 3 is 2.17 bits per heavy atom. The lowest BCUT2D eigenvalue weighted by molar-refractivity contribution is 0.394. The van der Waals surface area contributed by atoms with Crippen LogP contribution in [0.3, 0.4) is 0 Å². The number of hydrogen-bond donors (Lipinski definition) is 0. The molecule has 0 radical (unpaired) electrons. The van der Waals surface area contributed by atoms with E-state index in [1.165, 1.54) is 12.8 Å². The van der Waals surface area contributed by atoms with Crippen molar-refractivity contribution in [2.24, 2.45) is 5.92 Å². The van der Waals surface area contributed by atoms with Gasteiger partial charge < -0.3 is 14.4 Å². The number of hydrogen-bond acceptors (Lipinski definition) is 6. The molecule has 4 aromatic rings. The maximum Gasteiger partial charge on any atom is 0.124 e. The van der Waals surface area contributed by atoms with Crippen LogP contribution in [-0.4, -0.2) is 40.5 Å². The number of methoxy groups -OCH3 is 2. The summed E-state index contributed by atoms with van der Waals surface area (Å²) in [6.07, 6.45) is 8.17. The van der Waals surface area contributed by atoms with Crippen LogP contribution in [0.25, 0.3) is 22.3 Å². The summed E-state index contributed by atoms with van der Waals surface area (Å²) >= 11 is 0. The van der Waals surface area contributed by atoms with Gasteiger partial charge in [-0.15, -0.1) is 0 Å². The van der Waals surface area contributed by atoms with E-state index in [2.05, 4.69) is 46.2 Å². The van der Waals surface area contributed by atoms with Crippen LogP contribution in [0.4, 0.5) is 11.4 Å². The largest absolute Gasteiger partial charge is 0.497 e. The molecular formula is C29H39N5O2. The molecule has 0 saturated heterocycles. The molecule has 0 spiro atoms. The number of aromatic nitrogens is 4. The van der Waals surface area contributed by atoms with Gasteiger partial charge in [-0.1, -0.05) is 27.7 Å². The minimum Gasteiger partial charge on any atom is -0.497 e. The summed E-state index contributed by atoms with van der Waals surface area (Å²) in [6.45, 7) is 11.8. The second kappa shape index (κ2) is 12.9. The number of fused-ring (bicyclic) bond motifs is 1. The van der Waals surface area contributed by atoms with Crippen LogP contribution in [0.15, 0.2) is 55.0 Å². The average Bonchev–Trinajstić information content (AvgIpc) is 3.65. The van der Waals surface area contributed by atoms with E-state index in [0.29, 0.717) is 5.92 Å². The lowest BCUT2D eigenvalue weighted by atomic mass is 10.1. The fourth-order valence-electron chi connectivity index (χ4n) is 3.84. The molecule has 0 N–H and O–H groups in total. The first-order valence-corrected chi connectivity index (χ1v) is 13.0. The van der Waals surface area contributed by atoms with Crippen molar-refractivity contribution in [2.75, 3.05) is 25.7 Å². The van der Waals surface area contributed by atoms with E-state index in [1.54, 1.807) is 14.2 Å². The summed E-state index contributed by atoms with van der Waals surface area (Å²) in [6, 6.07) is 12.3. The van der Waals surface area contributed by atoms with Crippen LogP contribution in [0.1, 0.15) is 47.5 Å².